The first-order valence-electron chi connectivity index (χ1n) is 8.98. The molecule has 0 aliphatic rings. The van der Waals surface area contributed by atoms with E-state index in [1.54, 1.807) is 30.3 Å². The van der Waals surface area contributed by atoms with E-state index in [1.807, 2.05) is 78.9 Å². The van der Waals surface area contributed by atoms with Gasteiger partial charge in [0.15, 0.2) is 0 Å². The van der Waals surface area contributed by atoms with E-state index in [0.717, 1.165) is 16.3 Å². The van der Waals surface area contributed by atoms with Gasteiger partial charge < -0.3 is 9.05 Å². The van der Waals surface area contributed by atoms with E-state index in [1.165, 1.54) is 5.82 Å². The van der Waals surface area contributed by atoms with Gasteiger partial charge in [-0.25, -0.2) is 4.57 Å². The van der Waals surface area contributed by atoms with Crippen molar-refractivity contribution in [2.75, 3.05) is 0 Å². The standard InChI is InChI=1S/C24H19O3P/c25-28(26-22-13-3-1-4-14-22,27-23-15-5-2-6-16-23)19-18-21-12-9-11-20-10-7-8-17-24(20)21/h1-19H/b19-18+. The van der Waals surface area contributed by atoms with Gasteiger partial charge in [-0.05, 0) is 46.7 Å². The van der Waals surface area contributed by atoms with E-state index >= 15 is 0 Å². The van der Waals surface area contributed by atoms with Crippen LogP contribution in [0.15, 0.2) is 109 Å². The average molecular weight is 386 g/mol. The van der Waals surface area contributed by atoms with Crippen molar-refractivity contribution in [1.82, 2.24) is 0 Å². The summed E-state index contributed by atoms with van der Waals surface area (Å²) in [6.45, 7) is 0. The summed E-state index contributed by atoms with van der Waals surface area (Å²) in [6.07, 6.45) is 1.80. The van der Waals surface area contributed by atoms with Crippen LogP contribution in [-0.4, -0.2) is 0 Å². The molecule has 0 saturated carbocycles. The molecule has 0 fully saturated rings. The monoisotopic (exact) mass is 386 g/mol. The lowest BCUT2D eigenvalue weighted by molar-refractivity contribution is 0.398. The second-order valence-electron chi connectivity index (χ2n) is 6.23. The van der Waals surface area contributed by atoms with Gasteiger partial charge in [0.2, 0.25) is 0 Å². The minimum absolute atomic E-state index is 0.490. The van der Waals surface area contributed by atoms with Gasteiger partial charge in [-0.2, -0.15) is 0 Å². The number of hydrogen-bond donors (Lipinski definition) is 0. The predicted octanol–water partition coefficient (Wildman–Crippen LogP) is 7.16. The van der Waals surface area contributed by atoms with Crippen molar-refractivity contribution < 1.29 is 13.6 Å². The van der Waals surface area contributed by atoms with Crippen LogP contribution in [0.3, 0.4) is 0 Å². The highest BCUT2D eigenvalue weighted by molar-refractivity contribution is 7.58. The molecule has 0 N–H and O–H groups in total. The van der Waals surface area contributed by atoms with Crippen LogP contribution in [0.2, 0.25) is 0 Å². The number of para-hydroxylation sites is 2. The SMILES string of the molecule is O=P(/C=C/c1cccc2ccccc12)(Oc1ccccc1)Oc1ccccc1. The van der Waals surface area contributed by atoms with Crippen LogP contribution in [0.4, 0.5) is 0 Å². The zero-order valence-corrected chi connectivity index (χ0v) is 16.0. The highest BCUT2D eigenvalue weighted by Crippen LogP contribution is 2.50. The second-order valence-corrected chi connectivity index (χ2v) is 7.98. The van der Waals surface area contributed by atoms with E-state index in [4.69, 9.17) is 9.05 Å². The summed E-state index contributed by atoms with van der Waals surface area (Å²) in [6, 6.07) is 32.2. The molecule has 0 radical (unpaired) electrons. The van der Waals surface area contributed by atoms with Crippen LogP contribution in [0.25, 0.3) is 16.8 Å². The fourth-order valence-electron chi connectivity index (χ4n) is 2.90. The molecule has 28 heavy (non-hydrogen) atoms. The number of benzene rings is 4. The molecular weight excluding hydrogens is 367 g/mol. The molecule has 0 aliphatic heterocycles. The van der Waals surface area contributed by atoms with Crippen LogP contribution < -0.4 is 9.05 Å². The van der Waals surface area contributed by atoms with Gasteiger partial charge in [0.05, 0.1) is 5.82 Å². The first-order chi connectivity index (χ1) is 13.7. The molecule has 0 atom stereocenters. The van der Waals surface area contributed by atoms with Gasteiger partial charge in [0.1, 0.15) is 11.5 Å². The molecule has 4 heteroatoms. The van der Waals surface area contributed by atoms with Crippen molar-refractivity contribution >= 4 is 24.4 Å². The molecule has 0 heterocycles. The number of fused-ring (bicyclic) bond motifs is 1. The van der Waals surface area contributed by atoms with Crippen molar-refractivity contribution in [2.45, 2.75) is 0 Å². The molecule has 138 valence electrons. The van der Waals surface area contributed by atoms with E-state index in [0.29, 0.717) is 11.5 Å². The first-order valence-corrected chi connectivity index (χ1v) is 10.6. The lowest BCUT2D eigenvalue weighted by Crippen LogP contribution is -1.98. The van der Waals surface area contributed by atoms with Gasteiger partial charge in [0.25, 0.3) is 0 Å². The van der Waals surface area contributed by atoms with E-state index in [2.05, 4.69) is 0 Å². The molecule has 0 aliphatic carbocycles. The highest BCUT2D eigenvalue weighted by Gasteiger charge is 2.24. The number of hydrogen-bond acceptors (Lipinski definition) is 3. The molecule has 0 aromatic heterocycles. The van der Waals surface area contributed by atoms with Crippen LogP contribution >= 0.6 is 7.60 Å². The van der Waals surface area contributed by atoms with Gasteiger partial charge in [0, 0.05) is 0 Å². The Kier molecular flexibility index (Phi) is 5.27. The van der Waals surface area contributed by atoms with Gasteiger partial charge >= 0.3 is 7.60 Å². The predicted molar refractivity (Wildman–Crippen MR) is 115 cm³/mol. The zero-order chi connectivity index (χ0) is 19.2. The molecule has 4 aromatic carbocycles. The maximum atomic E-state index is 13.5. The quantitative estimate of drug-likeness (QED) is 0.330. The summed E-state index contributed by atoms with van der Waals surface area (Å²) in [5, 5.41) is 2.19. The summed E-state index contributed by atoms with van der Waals surface area (Å²) >= 11 is 0. The maximum absolute atomic E-state index is 13.5. The smallest absolute Gasteiger partial charge is 0.413 e. The summed E-state index contributed by atoms with van der Waals surface area (Å²) in [5.74, 6) is 2.50. The Hall–Kier alpha value is -3.29. The Bertz CT molecular complexity index is 1090. The summed E-state index contributed by atoms with van der Waals surface area (Å²) in [4.78, 5) is 0. The van der Waals surface area contributed by atoms with Crippen molar-refractivity contribution in [3.8, 4) is 11.5 Å². The summed E-state index contributed by atoms with van der Waals surface area (Å²) in [5.41, 5.74) is 0.951. The fraction of sp³-hybridized carbons (Fsp3) is 0. The van der Waals surface area contributed by atoms with E-state index in [-0.39, 0.29) is 0 Å². The average Bonchev–Trinajstić information content (AvgIpc) is 2.74. The number of rotatable bonds is 6. The van der Waals surface area contributed by atoms with Crippen LogP contribution in [0, 0.1) is 0 Å². The lowest BCUT2D eigenvalue weighted by Gasteiger charge is -2.17. The minimum atomic E-state index is -3.59. The van der Waals surface area contributed by atoms with Crippen molar-refractivity contribution in [3.63, 3.8) is 0 Å². The van der Waals surface area contributed by atoms with Crippen molar-refractivity contribution in [2.24, 2.45) is 0 Å². The molecule has 0 bridgehead atoms. The second kappa shape index (κ2) is 8.16. The van der Waals surface area contributed by atoms with E-state index in [9.17, 15) is 4.57 Å². The Morgan fingerprint density at radius 2 is 1.14 bits per heavy atom. The fourth-order valence-corrected chi connectivity index (χ4v) is 4.24. The maximum Gasteiger partial charge on any atom is 0.455 e. The lowest BCUT2D eigenvalue weighted by atomic mass is 10.1. The van der Waals surface area contributed by atoms with Crippen LogP contribution in [-0.2, 0) is 4.57 Å². The molecule has 0 amide bonds. The Morgan fingerprint density at radius 3 is 1.79 bits per heavy atom. The highest BCUT2D eigenvalue weighted by atomic mass is 31.2. The molecule has 0 saturated heterocycles. The third-order valence-electron chi connectivity index (χ3n) is 4.21. The van der Waals surface area contributed by atoms with Gasteiger partial charge in [-0.1, -0.05) is 78.9 Å². The summed E-state index contributed by atoms with van der Waals surface area (Å²) < 4.78 is 25.1. The van der Waals surface area contributed by atoms with Crippen LogP contribution in [0.1, 0.15) is 5.56 Å². The Labute approximate surface area is 164 Å². The van der Waals surface area contributed by atoms with Crippen molar-refractivity contribution in [1.29, 1.82) is 0 Å². The van der Waals surface area contributed by atoms with Gasteiger partial charge in [-0.15, -0.1) is 0 Å². The third-order valence-corrected chi connectivity index (χ3v) is 5.66. The first kappa shape index (κ1) is 18.1. The molecular formula is C24H19O3P. The Balaban J connectivity index is 1.70. The van der Waals surface area contributed by atoms with Crippen LogP contribution in [0.5, 0.6) is 11.5 Å². The Morgan fingerprint density at radius 1 is 0.607 bits per heavy atom. The van der Waals surface area contributed by atoms with Gasteiger partial charge in [-0.3, -0.25) is 0 Å². The minimum Gasteiger partial charge on any atom is -0.413 e. The molecule has 4 aromatic rings. The molecule has 3 nitrogen and oxygen atoms in total. The van der Waals surface area contributed by atoms with E-state index < -0.39 is 7.60 Å². The van der Waals surface area contributed by atoms with Crippen molar-refractivity contribution in [3.05, 3.63) is 115 Å². The molecule has 0 unspecified atom stereocenters. The normalized spacial score (nSPS) is 11.6. The molecule has 0 spiro atoms. The molecule has 4 rings (SSSR count). The topological polar surface area (TPSA) is 35.5 Å². The third kappa shape index (κ3) is 4.33. The zero-order valence-electron chi connectivity index (χ0n) is 15.1. The summed E-state index contributed by atoms with van der Waals surface area (Å²) in [7, 11) is -3.59. The largest absolute Gasteiger partial charge is 0.455 e.